The Labute approximate surface area is 86.1 Å². The van der Waals surface area contributed by atoms with Gasteiger partial charge < -0.3 is 5.32 Å². The van der Waals surface area contributed by atoms with Crippen molar-refractivity contribution in [2.24, 2.45) is 0 Å². The molecule has 4 nitrogen and oxygen atoms in total. The third-order valence-electron chi connectivity index (χ3n) is 1.78. The Bertz CT molecular complexity index is 438. The predicted octanol–water partition coefficient (Wildman–Crippen LogP) is 1.95. The van der Waals surface area contributed by atoms with Crippen LogP contribution in [0.5, 0.6) is 0 Å². The summed E-state index contributed by atoms with van der Waals surface area (Å²) in [6.45, 7) is 1.95. The third-order valence-corrected chi connectivity index (χ3v) is 2.81. The summed E-state index contributed by atoms with van der Waals surface area (Å²) in [4.78, 5) is 13.5. The lowest BCUT2D eigenvalue weighted by Crippen LogP contribution is -1.85. The van der Waals surface area contributed by atoms with Gasteiger partial charge in [0.1, 0.15) is 6.33 Å². The van der Waals surface area contributed by atoms with Crippen molar-refractivity contribution in [3.05, 3.63) is 24.3 Å². The topological polar surface area (TPSA) is 50.7 Å². The molecule has 5 heteroatoms. The standard InChI is InChI=1S/C9H10N4S/c1-6-3-7(13-5-12-6)8-4-11-9(10-2)14-8/h3-5H,1-2H3,(H,10,11). The molecule has 0 unspecified atom stereocenters. The van der Waals surface area contributed by atoms with Crippen LogP contribution in [-0.4, -0.2) is 22.0 Å². The Morgan fingerprint density at radius 3 is 2.79 bits per heavy atom. The van der Waals surface area contributed by atoms with Crippen LogP contribution in [0.25, 0.3) is 10.6 Å². The maximum atomic E-state index is 4.19. The van der Waals surface area contributed by atoms with E-state index in [1.165, 1.54) is 0 Å². The molecule has 1 N–H and O–H groups in total. The predicted molar refractivity (Wildman–Crippen MR) is 57.4 cm³/mol. The summed E-state index contributed by atoms with van der Waals surface area (Å²) in [5, 5.41) is 3.90. The fourth-order valence-electron chi connectivity index (χ4n) is 1.10. The first kappa shape index (κ1) is 9.08. The van der Waals surface area contributed by atoms with Gasteiger partial charge in [0.25, 0.3) is 0 Å². The normalized spacial score (nSPS) is 10.1. The average molecular weight is 206 g/mol. The van der Waals surface area contributed by atoms with Crippen LogP contribution in [0.2, 0.25) is 0 Å². The quantitative estimate of drug-likeness (QED) is 0.816. The molecule has 14 heavy (non-hydrogen) atoms. The smallest absolute Gasteiger partial charge is 0.182 e. The molecule has 0 saturated heterocycles. The molecule has 0 fully saturated rings. The number of aryl methyl sites for hydroxylation is 1. The lowest BCUT2D eigenvalue weighted by molar-refractivity contribution is 1.11. The van der Waals surface area contributed by atoms with Crippen LogP contribution < -0.4 is 5.32 Å². The van der Waals surface area contributed by atoms with Crippen LogP contribution >= 0.6 is 11.3 Å². The number of aromatic nitrogens is 3. The minimum atomic E-state index is 0.899. The number of hydrogen-bond donors (Lipinski definition) is 1. The van der Waals surface area contributed by atoms with Gasteiger partial charge >= 0.3 is 0 Å². The van der Waals surface area contributed by atoms with Crippen molar-refractivity contribution in [1.82, 2.24) is 15.0 Å². The highest BCUT2D eigenvalue weighted by atomic mass is 32.1. The summed E-state index contributed by atoms with van der Waals surface area (Å²) in [6.07, 6.45) is 3.39. The average Bonchev–Trinajstić information content (AvgIpc) is 2.66. The van der Waals surface area contributed by atoms with Gasteiger partial charge in [-0.05, 0) is 13.0 Å². The zero-order valence-electron chi connectivity index (χ0n) is 7.98. The highest BCUT2D eigenvalue weighted by molar-refractivity contribution is 7.18. The number of nitrogens with zero attached hydrogens (tertiary/aromatic N) is 3. The summed E-state index contributed by atoms with van der Waals surface area (Å²) in [7, 11) is 1.86. The van der Waals surface area contributed by atoms with Gasteiger partial charge in [0.05, 0.1) is 10.6 Å². The van der Waals surface area contributed by atoms with Gasteiger partial charge in [0, 0.05) is 18.9 Å². The largest absolute Gasteiger partial charge is 0.365 e. The van der Waals surface area contributed by atoms with Gasteiger partial charge in [-0.2, -0.15) is 0 Å². The molecule has 0 saturated carbocycles. The van der Waals surface area contributed by atoms with Crippen LogP contribution in [0.15, 0.2) is 18.6 Å². The second kappa shape index (κ2) is 3.71. The Balaban J connectivity index is 2.39. The zero-order chi connectivity index (χ0) is 9.97. The molecule has 0 spiro atoms. The highest BCUT2D eigenvalue weighted by Crippen LogP contribution is 2.26. The van der Waals surface area contributed by atoms with Gasteiger partial charge in [0.15, 0.2) is 5.13 Å². The Kier molecular flexibility index (Phi) is 2.41. The second-order valence-electron chi connectivity index (χ2n) is 2.82. The summed E-state index contributed by atoms with van der Waals surface area (Å²) in [5.74, 6) is 0. The fourth-order valence-corrected chi connectivity index (χ4v) is 1.83. The number of thiazole rings is 1. The van der Waals surface area contributed by atoms with E-state index >= 15 is 0 Å². The molecule has 2 rings (SSSR count). The van der Waals surface area contributed by atoms with E-state index in [4.69, 9.17) is 0 Å². The number of hydrogen-bond acceptors (Lipinski definition) is 5. The summed E-state index contributed by atoms with van der Waals surface area (Å²) >= 11 is 1.58. The first-order valence-electron chi connectivity index (χ1n) is 4.22. The van der Waals surface area contributed by atoms with Crippen molar-refractivity contribution in [2.75, 3.05) is 12.4 Å². The molecule has 0 atom stereocenters. The van der Waals surface area contributed by atoms with Crippen LogP contribution in [0, 0.1) is 6.92 Å². The minimum Gasteiger partial charge on any atom is -0.365 e. The Morgan fingerprint density at radius 2 is 2.14 bits per heavy atom. The van der Waals surface area contributed by atoms with E-state index in [1.54, 1.807) is 17.7 Å². The van der Waals surface area contributed by atoms with Gasteiger partial charge in [-0.15, -0.1) is 0 Å². The van der Waals surface area contributed by atoms with E-state index in [1.807, 2.05) is 26.2 Å². The summed E-state index contributed by atoms with van der Waals surface area (Å²) < 4.78 is 0. The molecule has 0 aromatic carbocycles. The van der Waals surface area contributed by atoms with E-state index in [0.29, 0.717) is 0 Å². The summed E-state index contributed by atoms with van der Waals surface area (Å²) in [5.41, 5.74) is 1.89. The van der Waals surface area contributed by atoms with Gasteiger partial charge in [0.2, 0.25) is 0 Å². The number of rotatable bonds is 2. The van der Waals surface area contributed by atoms with E-state index in [9.17, 15) is 0 Å². The van der Waals surface area contributed by atoms with Crippen LogP contribution in [0.3, 0.4) is 0 Å². The molecular weight excluding hydrogens is 196 g/mol. The second-order valence-corrected chi connectivity index (χ2v) is 3.85. The van der Waals surface area contributed by atoms with Gasteiger partial charge in [-0.3, -0.25) is 0 Å². The van der Waals surface area contributed by atoms with Crippen molar-refractivity contribution in [2.45, 2.75) is 6.92 Å². The lowest BCUT2D eigenvalue weighted by Gasteiger charge is -1.95. The maximum absolute atomic E-state index is 4.19. The summed E-state index contributed by atoms with van der Waals surface area (Å²) in [6, 6.07) is 1.95. The number of nitrogens with one attached hydrogen (secondary N) is 1. The fraction of sp³-hybridized carbons (Fsp3) is 0.222. The lowest BCUT2D eigenvalue weighted by atomic mass is 10.3. The van der Waals surface area contributed by atoms with Crippen molar-refractivity contribution in [3.63, 3.8) is 0 Å². The molecule has 72 valence electrons. The van der Waals surface area contributed by atoms with Crippen LogP contribution in [0.4, 0.5) is 5.13 Å². The molecule has 2 aromatic rings. The van der Waals surface area contributed by atoms with Crippen molar-refractivity contribution >= 4 is 16.5 Å². The third kappa shape index (κ3) is 1.72. The molecule has 0 aliphatic carbocycles. The van der Waals surface area contributed by atoms with E-state index < -0.39 is 0 Å². The molecule has 0 aliphatic heterocycles. The van der Waals surface area contributed by atoms with E-state index in [2.05, 4.69) is 20.3 Å². The molecule has 2 aromatic heterocycles. The molecule has 0 amide bonds. The minimum absolute atomic E-state index is 0.899. The van der Waals surface area contributed by atoms with E-state index in [-0.39, 0.29) is 0 Å². The first-order valence-corrected chi connectivity index (χ1v) is 5.04. The number of anilines is 1. The molecule has 0 bridgehead atoms. The van der Waals surface area contributed by atoms with Crippen molar-refractivity contribution < 1.29 is 0 Å². The Morgan fingerprint density at radius 1 is 1.29 bits per heavy atom. The SMILES string of the molecule is CNc1ncc(-c2cc(C)ncn2)s1. The molecular formula is C9H10N4S. The highest BCUT2D eigenvalue weighted by Gasteiger charge is 2.04. The van der Waals surface area contributed by atoms with Crippen molar-refractivity contribution in [1.29, 1.82) is 0 Å². The Hall–Kier alpha value is -1.49. The van der Waals surface area contributed by atoms with Gasteiger partial charge in [-0.1, -0.05) is 11.3 Å². The maximum Gasteiger partial charge on any atom is 0.182 e. The van der Waals surface area contributed by atoms with Crippen molar-refractivity contribution in [3.8, 4) is 10.6 Å². The molecule has 2 heterocycles. The van der Waals surface area contributed by atoms with Crippen LogP contribution in [0.1, 0.15) is 5.69 Å². The van der Waals surface area contributed by atoms with E-state index in [0.717, 1.165) is 21.4 Å². The first-order chi connectivity index (χ1) is 6.79. The molecule has 0 radical (unpaired) electrons. The molecule has 0 aliphatic rings. The zero-order valence-corrected chi connectivity index (χ0v) is 8.80. The van der Waals surface area contributed by atoms with Gasteiger partial charge in [-0.25, -0.2) is 15.0 Å². The van der Waals surface area contributed by atoms with Crippen LogP contribution in [-0.2, 0) is 0 Å². The monoisotopic (exact) mass is 206 g/mol.